The molecule has 1 aromatic rings. The molecule has 0 saturated carbocycles. The Morgan fingerprint density at radius 2 is 2.32 bits per heavy atom. The van der Waals surface area contributed by atoms with E-state index in [-0.39, 0.29) is 12.1 Å². The second kappa shape index (κ2) is 6.87. The highest BCUT2D eigenvalue weighted by atomic mass is 16.5. The van der Waals surface area contributed by atoms with Crippen LogP contribution in [-0.4, -0.2) is 23.8 Å². The van der Waals surface area contributed by atoms with E-state index in [1.165, 1.54) is 12.8 Å². The van der Waals surface area contributed by atoms with E-state index in [9.17, 15) is 0 Å². The monoisotopic (exact) mass is 264 g/mol. The number of nitrogens with two attached hydrogens (primary N) is 1. The number of nitrogens with zero attached hydrogens (tertiary/aromatic N) is 1. The summed E-state index contributed by atoms with van der Waals surface area (Å²) in [4.78, 5) is 4.20. The molecule has 2 heterocycles. The van der Waals surface area contributed by atoms with Crippen molar-refractivity contribution in [2.24, 2.45) is 5.73 Å². The Morgan fingerprint density at radius 1 is 1.47 bits per heavy atom. The van der Waals surface area contributed by atoms with Gasteiger partial charge in [0.2, 0.25) is 0 Å². The van der Waals surface area contributed by atoms with Gasteiger partial charge in [0, 0.05) is 18.8 Å². The van der Waals surface area contributed by atoms with Crippen molar-refractivity contribution in [3.63, 3.8) is 0 Å². The minimum Gasteiger partial charge on any atom is -0.489 e. The molecule has 0 aromatic carbocycles. The maximum Gasteiger partial charge on any atom is 0.138 e. The molecule has 0 aliphatic carbocycles. The number of hydrogen-bond acceptors (Lipinski definition) is 4. The lowest BCUT2D eigenvalue weighted by Gasteiger charge is -2.16. The Morgan fingerprint density at radius 3 is 3.00 bits per heavy atom. The van der Waals surface area contributed by atoms with Crippen LogP contribution in [0.25, 0.3) is 0 Å². The topological polar surface area (TPSA) is 57.4 Å². The highest BCUT2D eigenvalue weighted by molar-refractivity contribution is 5.25. The fourth-order valence-electron chi connectivity index (χ4n) is 2.38. The Labute approximate surface area is 115 Å². The minimum absolute atomic E-state index is 0.00686. The lowest BCUT2D eigenvalue weighted by molar-refractivity contribution is 0.101. The summed E-state index contributed by atoms with van der Waals surface area (Å²) in [6.07, 6.45) is 8.41. The first-order chi connectivity index (χ1) is 9.15. The summed E-state index contributed by atoms with van der Waals surface area (Å²) in [5.41, 5.74) is 7.26. The van der Waals surface area contributed by atoms with Crippen LogP contribution in [-0.2, 0) is 4.74 Å². The van der Waals surface area contributed by atoms with Crippen molar-refractivity contribution in [2.45, 2.75) is 57.8 Å². The van der Waals surface area contributed by atoms with Crippen molar-refractivity contribution >= 4 is 0 Å². The largest absolute Gasteiger partial charge is 0.489 e. The first-order valence-corrected chi connectivity index (χ1v) is 7.14. The van der Waals surface area contributed by atoms with Gasteiger partial charge in [-0.3, -0.25) is 4.98 Å². The number of ether oxygens (including phenoxy) is 2. The second-order valence-electron chi connectivity index (χ2n) is 5.44. The van der Waals surface area contributed by atoms with E-state index in [1.807, 2.05) is 26.1 Å². The molecule has 2 rings (SSSR count). The summed E-state index contributed by atoms with van der Waals surface area (Å²) in [5, 5.41) is 0. The van der Waals surface area contributed by atoms with E-state index in [0.717, 1.165) is 30.8 Å². The SMILES string of the molecule is CC(C)Oc1cncc(C(N)CCC2CCCO2)c1. The molecular formula is C15H24N2O2. The van der Waals surface area contributed by atoms with Crippen molar-refractivity contribution in [1.29, 1.82) is 0 Å². The third-order valence-corrected chi connectivity index (χ3v) is 3.36. The lowest BCUT2D eigenvalue weighted by atomic mass is 10.0. The summed E-state index contributed by atoms with van der Waals surface area (Å²) < 4.78 is 11.3. The predicted octanol–water partition coefficient (Wildman–Crippen LogP) is 2.83. The van der Waals surface area contributed by atoms with Gasteiger partial charge in [0.05, 0.1) is 18.4 Å². The van der Waals surface area contributed by atoms with Crippen molar-refractivity contribution in [3.8, 4) is 5.75 Å². The van der Waals surface area contributed by atoms with Gasteiger partial charge in [-0.1, -0.05) is 0 Å². The van der Waals surface area contributed by atoms with Crippen LogP contribution in [0.2, 0.25) is 0 Å². The number of hydrogen-bond donors (Lipinski definition) is 1. The van der Waals surface area contributed by atoms with Gasteiger partial charge in [0.1, 0.15) is 5.75 Å². The molecule has 1 saturated heterocycles. The summed E-state index contributed by atoms with van der Waals surface area (Å²) in [7, 11) is 0. The molecule has 106 valence electrons. The zero-order chi connectivity index (χ0) is 13.7. The Balaban J connectivity index is 1.88. The normalized spacial score (nSPS) is 20.7. The lowest BCUT2D eigenvalue weighted by Crippen LogP contribution is -2.15. The van der Waals surface area contributed by atoms with Gasteiger partial charge in [-0.2, -0.15) is 0 Å². The van der Waals surface area contributed by atoms with Crippen molar-refractivity contribution in [3.05, 3.63) is 24.0 Å². The van der Waals surface area contributed by atoms with E-state index in [1.54, 1.807) is 6.20 Å². The van der Waals surface area contributed by atoms with Crippen LogP contribution in [0.1, 0.15) is 51.1 Å². The molecule has 4 heteroatoms. The minimum atomic E-state index is 0.00686. The molecule has 0 radical (unpaired) electrons. The van der Waals surface area contributed by atoms with Gasteiger partial charge < -0.3 is 15.2 Å². The van der Waals surface area contributed by atoms with E-state index < -0.39 is 0 Å². The highest BCUT2D eigenvalue weighted by Crippen LogP contribution is 2.24. The summed E-state index contributed by atoms with van der Waals surface area (Å²) in [5.74, 6) is 0.792. The summed E-state index contributed by atoms with van der Waals surface area (Å²) >= 11 is 0. The molecule has 2 atom stereocenters. The Kier molecular flexibility index (Phi) is 5.16. The average Bonchev–Trinajstić information content (AvgIpc) is 2.88. The van der Waals surface area contributed by atoms with Crippen molar-refractivity contribution in [2.75, 3.05) is 6.61 Å². The number of rotatable bonds is 6. The fourth-order valence-corrected chi connectivity index (χ4v) is 2.38. The molecule has 1 aliphatic heterocycles. The average molecular weight is 264 g/mol. The van der Waals surface area contributed by atoms with E-state index in [2.05, 4.69) is 4.98 Å². The molecule has 0 amide bonds. The fraction of sp³-hybridized carbons (Fsp3) is 0.667. The second-order valence-corrected chi connectivity index (χ2v) is 5.44. The van der Waals surface area contributed by atoms with Crippen LogP contribution in [0.15, 0.2) is 18.5 Å². The zero-order valence-corrected chi connectivity index (χ0v) is 11.8. The maximum absolute atomic E-state index is 6.22. The molecule has 2 N–H and O–H groups in total. The maximum atomic E-state index is 6.22. The Bertz CT molecular complexity index is 389. The van der Waals surface area contributed by atoms with E-state index >= 15 is 0 Å². The number of pyridine rings is 1. The third kappa shape index (κ3) is 4.48. The molecule has 1 fully saturated rings. The van der Waals surface area contributed by atoms with Crippen LogP contribution in [0, 0.1) is 0 Å². The van der Waals surface area contributed by atoms with Crippen LogP contribution in [0.4, 0.5) is 0 Å². The molecule has 19 heavy (non-hydrogen) atoms. The van der Waals surface area contributed by atoms with Gasteiger partial charge in [0.25, 0.3) is 0 Å². The molecule has 0 bridgehead atoms. The summed E-state index contributed by atoms with van der Waals surface area (Å²) in [6, 6.07) is 2.00. The van der Waals surface area contributed by atoms with Gasteiger partial charge in [-0.05, 0) is 51.2 Å². The van der Waals surface area contributed by atoms with Crippen molar-refractivity contribution in [1.82, 2.24) is 4.98 Å². The number of aromatic nitrogens is 1. The standard InChI is InChI=1S/C15H24N2O2/c1-11(2)19-14-8-12(9-17-10-14)15(16)6-5-13-4-3-7-18-13/h8-11,13,15H,3-7,16H2,1-2H3. The van der Waals surface area contributed by atoms with Crippen LogP contribution in [0.5, 0.6) is 5.75 Å². The smallest absolute Gasteiger partial charge is 0.138 e. The van der Waals surface area contributed by atoms with Crippen LogP contribution >= 0.6 is 0 Å². The first-order valence-electron chi connectivity index (χ1n) is 7.14. The van der Waals surface area contributed by atoms with Gasteiger partial charge in [-0.25, -0.2) is 0 Å². The third-order valence-electron chi connectivity index (χ3n) is 3.36. The molecular weight excluding hydrogens is 240 g/mol. The first kappa shape index (κ1) is 14.3. The van der Waals surface area contributed by atoms with Crippen LogP contribution in [0.3, 0.4) is 0 Å². The molecule has 1 aliphatic rings. The molecule has 4 nitrogen and oxygen atoms in total. The zero-order valence-electron chi connectivity index (χ0n) is 11.8. The Hall–Kier alpha value is -1.13. The molecule has 1 aromatic heterocycles. The van der Waals surface area contributed by atoms with E-state index in [0.29, 0.717) is 6.10 Å². The molecule has 0 spiro atoms. The molecule has 2 unspecified atom stereocenters. The van der Waals surface area contributed by atoms with Gasteiger partial charge in [0.15, 0.2) is 0 Å². The quantitative estimate of drug-likeness (QED) is 0.858. The van der Waals surface area contributed by atoms with Crippen LogP contribution < -0.4 is 10.5 Å². The van der Waals surface area contributed by atoms with E-state index in [4.69, 9.17) is 15.2 Å². The van der Waals surface area contributed by atoms with Gasteiger partial charge in [-0.15, -0.1) is 0 Å². The predicted molar refractivity (Wildman–Crippen MR) is 75.1 cm³/mol. The van der Waals surface area contributed by atoms with Gasteiger partial charge >= 0.3 is 0 Å². The summed E-state index contributed by atoms with van der Waals surface area (Å²) in [6.45, 7) is 4.91. The van der Waals surface area contributed by atoms with Crippen molar-refractivity contribution < 1.29 is 9.47 Å². The highest BCUT2D eigenvalue weighted by Gasteiger charge is 2.17.